The van der Waals surface area contributed by atoms with E-state index in [0.717, 1.165) is 6.33 Å². The van der Waals surface area contributed by atoms with Crippen molar-refractivity contribution in [3.8, 4) is 5.88 Å². The molecule has 1 heterocycles. The van der Waals surface area contributed by atoms with E-state index in [0.29, 0.717) is 12.3 Å². The predicted octanol–water partition coefficient (Wildman–Crippen LogP) is 0.184. The zero-order valence-corrected chi connectivity index (χ0v) is 10.2. The second kappa shape index (κ2) is 6.09. The van der Waals surface area contributed by atoms with E-state index < -0.39 is 15.7 Å². The summed E-state index contributed by atoms with van der Waals surface area (Å²) in [4.78, 5) is 17.6. The molecule has 0 amide bonds. The first-order chi connectivity index (χ1) is 8.06. The Morgan fingerprint density at radius 2 is 2.29 bits per heavy atom. The summed E-state index contributed by atoms with van der Waals surface area (Å²) in [5, 5.41) is 13.6. The molecule has 1 aromatic rings. The van der Waals surface area contributed by atoms with Gasteiger partial charge in [0.2, 0.25) is 5.82 Å². The number of rotatable bonds is 6. The Labute approximate surface area is 100 Å². The number of anilines is 1. The molecule has 94 valence electrons. The number of hydrogen-bond donors (Lipinski definition) is 1. The standard InChI is InChI=1S/C8H12N4O4S/c1-16-8-6(12(13)14)7(10-5-11-8)9-3-4-17(2)15/h5H,3-4H2,1-2H3,(H,9,10,11). The first-order valence-electron chi connectivity index (χ1n) is 4.63. The molecule has 17 heavy (non-hydrogen) atoms. The number of aromatic nitrogens is 2. The SMILES string of the molecule is COc1ncnc(NCCS(C)=O)c1[N+](=O)[O-]. The number of nitrogens with zero attached hydrogens (tertiary/aromatic N) is 3. The fourth-order valence-electron chi connectivity index (χ4n) is 1.12. The molecule has 1 N–H and O–H groups in total. The van der Waals surface area contributed by atoms with Gasteiger partial charge in [0.05, 0.1) is 12.0 Å². The molecule has 0 aromatic carbocycles. The maximum atomic E-state index is 10.9. The van der Waals surface area contributed by atoms with Crippen LogP contribution in [-0.4, -0.2) is 44.8 Å². The van der Waals surface area contributed by atoms with Crippen LogP contribution in [0.1, 0.15) is 0 Å². The lowest BCUT2D eigenvalue weighted by Gasteiger charge is -2.06. The normalized spacial score (nSPS) is 11.9. The molecule has 1 rings (SSSR count). The summed E-state index contributed by atoms with van der Waals surface area (Å²) < 4.78 is 15.6. The van der Waals surface area contributed by atoms with Crippen molar-refractivity contribution in [2.75, 3.05) is 31.0 Å². The third-order valence-electron chi connectivity index (χ3n) is 1.85. The van der Waals surface area contributed by atoms with Crippen molar-refractivity contribution < 1.29 is 13.9 Å². The van der Waals surface area contributed by atoms with E-state index in [1.165, 1.54) is 7.11 Å². The Kier molecular flexibility index (Phi) is 4.76. The van der Waals surface area contributed by atoms with E-state index in [1.54, 1.807) is 6.26 Å². The molecular formula is C8H12N4O4S. The number of hydrogen-bond acceptors (Lipinski definition) is 7. The van der Waals surface area contributed by atoms with Gasteiger partial charge in [-0.25, -0.2) is 4.98 Å². The molecule has 0 saturated carbocycles. The predicted molar refractivity (Wildman–Crippen MR) is 62.7 cm³/mol. The topological polar surface area (TPSA) is 107 Å². The van der Waals surface area contributed by atoms with Gasteiger partial charge in [-0.1, -0.05) is 0 Å². The second-order valence-electron chi connectivity index (χ2n) is 3.04. The zero-order valence-electron chi connectivity index (χ0n) is 9.37. The van der Waals surface area contributed by atoms with Gasteiger partial charge in [-0.15, -0.1) is 0 Å². The molecule has 0 aliphatic heterocycles. The quantitative estimate of drug-likeness (QED) is 0.574. The average molecular weight is 260 g/mol. The van der Waals surface area contributed by atoms with E-state index in [1.807, 2.05) is 0 Å². The van der Waals surface area contributed by atoms with Gasteiger partial charge < -0.3 is 10.1 Å². The molecule has 0 spiro atoms. The monoisotopic (exact) mass is 260 g/mol. The molecule has 9 heteroatoms. The van der Waals surface area contributed by atoms with Crippen LogP contribution in [0.15, 0.2) is 6.33 Å². The van der Waals surface area contributed by atoms with E-state index in [-0.39, 0.29) is 17.4 Å². The summed E-state index contributed by atoms with van der Waals surface area (Å²) in [6, 6.07) is 0. The van der Waals surface area contributed by atoms with Crippen molar-refractivity contribution in [3.63, 3.8) is 0 Å². The highest BCUT2D eigenvalue weighted by Crippen LogP contribution is 2.29. The van der Waals surface area contributed by atoms with Crippen LogP contribution in [0.25, 0.3) is 0 Å². The maximum absolute atomic E-state index is 10.9. The minimum atomic E-state index is -0.971. The highest BCUT2D eigenvalue weighted by molar-refractivity contribution is 7.84. The Morgan fingerprint density at radius 3 is 2.82 bits per heavy atom. The fraction of sp³-hybridized carbons (Fsp3) is 0.500. The Bertz CT molecular complexity index is 440. The Morgan fingerprint density at radius 1 is 1.59 bits per heavy atom. The van der Waals surface area contributed by atoms with Gasteiger partial charge in [0, 0.05) is 29.4 Å². The summed E-state index contributed by atoms with van der Waals surface area (Å²) in [6.07, 6.45) is 2.72. The van der Waals surface area contributed by atoms with Crippen LogP contribution >= 0.6 is 0 Å². The zero-order chi connectivity index (χ0) is 12.8. The summed E-state index contributed by atoms with van der Waals surface area (Å²) in [6.45, 7) is 0.324. The van der Waals surface area contributed by atoms with Crippen molar-refractivity contribution in [1.29, 1.82) is 0 Å². The third kappa shape index (κ3) is 3.63. The van der Waals surface area contributed by atoms with Gasteiger partial charge in [0.25, 0.3) is 5.88 Å². The molecule has 0 aliphatic rings. The van der Waals surface area contributed by atoms with Crippen LogP contribution in [0.4, 0.5) is 11.5 Å². The van der Waals surface area contributed by atoms with Crippen molar-refractivity contribution in [1.82, 2.24) is 9.97 Å². The van der Waals surface area contributed by atoms with E-state index in [4.69, 9.17) is 4.74 Å². The second-order valence-corrected chi connectivity index (χ2v) is 4.60. The molecule has 1 aromatic heterocycles. The van der Waals surface area contributed by atoms with Crippen LogP contribution in [0, 0.1) is 10.1 Å². The van der Waals surface area contributed by atoms with Crippen molar-refractivity contribution in [3.05, 3.63) is 16.4 Å². The number of nitrogens with one attached hydrogen (secondary N) is 1. The van der Waals surface area contributed by atoms with Crippen molar-refractivity contribution >= 4 is 22.3 Å². The van der Waals surface area contributed by atoms with Crippen LogP contribution in [0.3, 0.4) is 0 Å². The van der Waals surface area contributed by atoms with Gasteiger partial charge in [-0.3, -0.25) is 14.3 Å². The lowest BCUT2D eigenvalue weighted by Crippen LogP contribution is -2.13. The summed E-state index contributed by atoms with van der Waals surface area (Å²) in [7, 11) is 0.321. The van der Waals surface area contributed by atoms with E-state index in [2.05, 4.69) is 15.3 Å². The van der Waals surface area contributed by atoms with Crippen LogP contribution in [0.5, 0.6) is 5.88 Å². The first-order valence-corrected chi connectivity index (χ1v) is 6.36. The van der Waals surface area contributed by atoms with Crippen molar-refractivity contribution in [2.45, 2.75) is 0 Å². The maximum Gasteiger partial charge on any atom is 0.372 e. The minimum Gasteiger partial charge on any atom is -0.476 e. The van der Waals surface area contributed by atoms with Gasteiger partial charge >= 0.3 is 5.69 Å². The molecule has 8 nitrogen and oxygen atoms in total. The number of nitro groups is 1. The van der Waals surface area contributed by atoms with Crippen LogP contribution in [0.2, 0.25) is 0 Å². The van der Waals surface area contributed by atoms with Gasteiger partial charge in [0.1, 0.15) is 6.33 Å². The Hall–Kier alpha value is -1.77. The molecule has 0 fully saturated rings. The average Bonchev–Trinajstić information content (AvgIpc) is 2.27. The smallest absolute Gasteiger partial charge is 0.372 e. The molecule has 1 unspecified atom stereocenters. The summed E-state index contributed by atoms with van der Waals surface area (Å²) in [5.74, 6) is 0.334. The van der Waals surface area contributed by atoms with E-state index in [9.17, 15) is 14.3 Å². The highest BCUT2D eigenvalue weighted by atomic mass is 32.2. The van der Waals surface area contributed by atoms with Crippen molar-refractivity contribution in [2.24, 2.45) is 0 Å². The summed E-state index contributed by atoms with van der Waals surface area (Å²) >= 11 is 0. The number of methoxy groups -OCH3 is 1. The third-order valence-corrected chi connectivity index (χ3v) is 2.63. The molecule has 0 bridgehead atoms. The number of ether oxygens (including phenoxy) is 1. The lowest BCUT2D eigenvalue weighted by molar-refractivity contribution is -0.385. The largest absolute Gasteiger partial charge is 0.476 e. The molecular weight excluding hydrogens is 248 g/mol. The molecule has 0 radical (unpaired) electrons. The van der Waals surface area contributed by atoms with Gasteiger partial charge in [0.15, 0.2) is 0 Å². The highest BCUT2D eigenvalue weighted by Gasteiger charge is 2.23. The molecule has 0 aliphatic carbocycles. The first kappa shape index (κ1) is 13.3. The Balaban J connectivity index is 2.90. The van der Waals surface area contributed by atoms with Crippen LogP contribution in [-0.2, 0) is 10.8 Å². The van der Waals surface area contributed by atoms with Gasteiger partial charge in [-0.05, 0) is 0 Å². The van der Waals surface area contributed by atoms with E-state index >= 15 is 0 Å². The molecule has 1 atom stereocenters. The van der Waals surface area contributed by atoms with Gasteiger partial charge in [-0.2, -0.15) is 4.98 Å². The molecule has 0 saturated heterocycles. The lowest BCUT2D eigenvalue weighted by atomic mass is 10.4. The minimum absolute atomic E-state index is 0.0623. The fourth-order valence-corrected chi connectivity index (χ4v) is 1.51. The van der Waals surface area contributed by atoms with Crippen LogP contribution < -0.4 is 10.1 Å². The summed E-state index contributed by atoms with van der Waals surface area (Å²) in [5.41, 5.74) is -0.322.